The van der Waals surface area contributed by atoms with Crippen LogP contribution >= 0.6 is 23.2 Å². The van der Waals surface area contributed by atoms with E-state index in [9.17, 15) is 14.0 Å². The number of para-hydroxylation sites is 1. The van der Waals surface area contributed by atoms with Crippen molar-refractivity contribution < 1.29 is 9.18 Å². The Kier molecular flexibility index (Phi) is 5.25. The molecule has 0 saturated carbocycles. The number of hydrogen-bond donors (Lipinski definition) is 1. The van der Waals surface area contributed by atoms with Crippen LogP contribution in [0.3, 0.4) is 0 Å². The van der Waals surface area contributed by atoms with Gasteiger partial charge in [-0.15, -0.1) is 0 Å². The Balaban J connectivity index is 1.78. The second-order valence-corrected chi connectivity index (χ2v) is 6.59. The molecule has 1 atom stereocenters. The smallest absolute Gasteiger partial charge is 0.261 e. The molecule has 0 bridgehead atoms. The Hall–Kier alpha value is -2.44. The molecule has 0 aliphatic carbocycles. The summed E-state index contributed by atoms with van der Waals surface area (Å²) in [7, 11) is 0. The Morgan fingerprint density at radius 2 is 2.00 bits per heavy atom. The number of benzene rings is 2. The second-order valence-electron chi connectivity index (χ2n) is 5.77. The lowest BCUT2D eigenvalue weighted by atomic mass is 10.1. The number of hydrogen-bond acceptors (Lipinski definition) is 3. The minimum absolute atomic E-state index is 0.0916. The van der Waals surface area contributed by atoms with Gasteiger partial charge in [-0.3, -0.25) is 14.2 Å². The number of nitrogens with zero attached hydrogens (tertiary/aromatic N) is 2. The van der Waals surface area contributed by atoms with Gasteiger partial charge in [0.15, 0.2) is 0 Å². The maximum absolute atomic E-state index is 13.6. The van der Waals surface area contributed by atoms with Crippen molar-refractivity contribution in [1.82, 2.24) is 14.9 Å². The zero-order valence-electron chi connectivity index (χ0n) is 13.7. The van der Waals surface area contributed by atoms with Crippen molar-refractivity contribution in [3.05, 3.63) is 74.5 Å². The number of nitrogens with one attached hydrogen (secondary N) is 1. The number of carbonyl (C=O) groups excluding carboxylic acids is 1. The average molecular weight is 394 g/mol. The summed E-state index contributed by atoms with van der Waals surface area (Å²) in [5.74, 6) is -1.05. The van der Waals surface area contributed by atoms with Crippen LogP contribution in [0.25, 0.3) is 10.9 Å². The first-order valence-corrected chi connectivity index (χ1v) is 8.50. The van der Waals surface area contributed by atoms with Gasteiger partial charge in [0.1, 0.15) is 12.4 Å². The number of aromatic nitrogens is 2. The number of halogens is 3. The molecule has 1 aromatic heterocycles. The van der Waals surface area contributed by atoms with E-state index in [4.69, 9.17) is 23.2 Å². The van der Waals surface area contributed by atoms with Gasteiger partial charge in [-0.05, 0) is 36.8 Å². The van der Waals surface area contributed by atoms with Crippen LogP contribution in [0.5, 0.6) is 0 Å². The number of rotatable bonds is 4. The summed E-state index contributed by atoms with van der Waals surface area (Å²) in [6.45, 7) is 1.45. The molecule has 134 valence electrons. The van der Waals surface area contributed by atoms with Crippen molar-refractivity contribution in [3.8, 4) is 0 Å². The third kappa shape index (κ3) is 3.71. The lowest BCUT2D eigenvalue weighted by Gasteiger charge is -2.17. The lowest BCUT2D eigenvalue weighted by Crippen LogP contribution is -2.34. The van der Waals surface area contributed by atoms with Crippen molar-refractivity contribution in [1.29, 1.82) is 0 Å². The van der Waals surface area contributed by atoms with E-state index in [-0.39, 0.29) is 22.1 Å². The first-order chi connectivity index (χ1) is 12.4. The third-order valence-electron chi connectivity index (χ3n) is 3.93. The predicted molar refractivity (Wildman–Crippen MR) is 99.0 cm³/mol. The monoisotopic (exact) mass is 393 g/mol. The largest absolute Gasteiger partial charge is 0.348 e. The number of fused-ring (bicyclic) bond motifs is 1. The van der Waals surface area contributed by atoms with E-state index >= 15 is 0 Å². The van der Waals surface area contributed by atoms with E-state index in [0.29, 0.717) is 16.5 Å². The molecule has 0 aliphatic rings. The molecule has 1 amide bonds. The third-order valence-corrected chi connectivity index (χ3v) is 4.55. The first-order valence-electron chi connectivity index (χ1n) is 7.75. The van der Waals surface area contributed by atoms with E-state index < -0.39 is 17.8 Å². The molecule has 8 heteroatoms. The van der Waals surface area contributed by atoms with Gasteiger partial charge in [-0.2, -0.15) is 0 Å². The van der Waals surface area contributed by atoms with E-state index in [1.165, 1.54) is 23.0 Å². The first kappa shape index (κ1) is 18.4. The van der Waals surface area contributed by atoms with E-state index in [1.807, 2.05) is 0 Å². The molecule has 5 nitrogen and oxygen atoms in total. The van der Waals surface area contributed by atoms with Crippen molar-refractivity contribution in [2.45, 2.75) is 19.5 Å². The van der Waals surface area contributed by atoms with Gasteiger partial charge in [-0.25, -0.2) is 9.37 Å². The zero-order chi connectivity index (χ0) is 18.8. The van der Waals surface area contributed by atoms with Crippen LogP contribution in [0, 0.1) is 5.82 Å². The summed E-state index contributed by atoms with van der Waals surface area (Å²) < 4.78 is 14.9. The van der Waals surface area contributed by atoms with E-state index in [0.717, 1.165) is 0 Å². The molecule has 0 aliphatic heterocycles. The molecular weight excluding hydrogens is 380 g/mol. The molecule has 0 fully saturated rings. The van der Waals surface area contributed by atoms with Crippen LogP contribution in [0.1, 0.15) is 18.5 Å². The Morgan fingerprint density at radius 1 is 1.27 bits per heavy atom. The summed E-state index contributed by atoms with van der Waals surface area (Å²) >= 11 is 11.7. The molecule has 1 heterocycles. The normalized spacial score (nSPS) is 12.2. The van der Waals surface area contributed by atoms with Crippen LogP contribution in [-0.4, -0.2) is 15.5 Å². The van der Waals surface area contributed by atoms with Crippen LogP contribution in [0.15, 0.2) is 47.5 Å². The molecule has 0 saturated heterocycles. The predicted octanol–water partition coefficient (Wildman–Crippen LogP) is 3.72. The fourth-order valence-electron chi connectivity index (χ4n) is 2.61. The molecule has 0 radical (unpaired) electrons. The summed E-state index contributed by atoms with van der Waals surface area (Å²) in [6, 6.07) is 8.79. The van der Waals surface area contributed by atoms with E-state index in [1.54, 1.807) is 31.2 Å². The highest BCUT2D eigenvalue weighted by Crippen LogP contribution is 2.28. The zero-order valence-corrected chi connectivity index (χ0v) is 15.2. The lowest BCUT2D eigenvalue weighted by molar-refractivity contribution is -0.122. The fourth-order valence-corrected chi connectivity index (χ4v) is 3.15. The Labute approximate surface area is 158 Å². The highest BCUT2D eigenvalue weighted by Gasteiger charge is 2.16. The molecule has 26 heavy (non-hydrogen) atoms. The van der Waals surface area contributed by atoms with Gasteiger partial charge in [0, 0.05) is 5.02 Å². The highest BCUT2D eigenvalue weighted by molar-refractivity contribution is 6.35. The quantitative estimate of drug-likeness (QED) is 0.686. The van der Waals surface area contributed by atoms with Gasteiger partial charge in [0.05, 0.1) is 28.3 Å². The molecule has 3 aromatic rings. The molecule has 0 spiro atoms. The second kappa shape index (κ2) is 7.43. The summed E-state index contributed by atoms with van der Waals surface area (Å²) in [5.41, 5.74) is 0.644. The van der Waals surface area contributed by atoms with Crippen LogP contribution in [0.2, 0.25) is 10.0 Å². The van der Waals surface area contributed by atoms with Crippen molar-refractivity contribution in [2.75, 3.05) is 0 Å². The molecule has 3 rings (SSSR count). The maximum Gasteiger partial charge on any atom is 0.261 e. The SMILES string of the molecule is C[C@H](NC(=O)Cn1cnc2ccccc2c1=O)c1cc(F)c(Cl)cc1Cl. The van der Waals surface area contributed by atoms with Gasteiger partial charge in [-0.1, -0.05) is 35.3 Å². The minimum Gasteiger partial charge on any atom is -0.348 e. The summed E-state index contributed by atoms with van der Waals surface area (Å²) in [5, 5.41) is 3.27. The molecular formula is C18H14Cl2FN3O2. The van der Waals surface area contributed by atoms with Crippen LogP contribution in [0.4, 0.5) is 4.39 Å². The van der Waals surface area contributed by atoms with Gasteiger partial charge < -0.3 is 5.32 Å². The number of carbonyl (C=O) groups is 1. The van der Waals surface area contributed by atoms with Crippen LogP contribution in [-0.2, 0) is 11.3 Å². The Morgan fingerprint density at radius 3 is 2.77 bits per heavy atom. The summed E-state index contributed by atoms with van der Waals surface area (Å²) in [6.07, 6.45) is 1.32. The van der Waals surface area contributed by atoms with Gasteiger partial charge in [0.2, 0.25) is 5.91 Å². The van der Waals surface area contributed by atoms with Gasteiger partial charge in [0.25, 0.3) is 5.56 Å². The Bertz CT molecular complexity index is 1050. The van der Waals surface area contributed by atoms with E-state index in [2.05, 4.69) is 10.3 Å². The molecule has 1 N–H and O–H groups in total. The van der Waals surface area contributed by atoms with Crippen LogP contribution < -0.4 is 10.9 Å². The molecule has 2 aromatic carbocycles. The topological polar surface area (TPSA) is 64.0 Å². The fraction of sp³-hybridized carbons (Fsp3) is 0.167. The standard InChI is InChI=1S/C18H14Cl2FN3O2/c1-10(12-6-15(21)14(20)7-13(12)19)23-17(25)8-24-9-22-16-5-3-2-4-11(16)18(24)26/h2-7,9-10H,8H2,1H3,(H,23,25)/t10-/m0/s1. The highest BCUT2D eigenvalue weighted by atomic mass is 35.5. The summed E-state index contributed by atoms with van der Waals surface area (Å²) in [4.78, 5) is 28.9. The van der Waals surface area contributed by atoms with Crippen molar-refractivity contribution in [2.24, 2.45) is 0 Å². The minimum atomic E-state index is -0.623. The van der Waals surface area contributed by atoms with Crippen molar-refractivity contribution in [3.63, 3.8) is 0 Å². The van der Waals surface area contributed by atoms with Gasteiger partial charge >= 0.3 is 0 Å². The molecule has 0 unspecified atom stereocenters. The van der Waals surface area contributed by atoms with Crippen molar-refractivity contribution >= 4 is 40.0 Å². The number of amides is 1. The maximum atomic E-state index is 13.6. The average Bonchev–Trinajstić information content (AvgIpc) is 2.60.